The summed E-state index contributed by atoms with van der Waals surface area (Å²) in [6, 6.07) is 14.8. The van der Waals surface area contributed by atoms with E-state index in [0.29, 0.717) is 76.4 Å². The minimum absolute atomic E-state index is 0.0179. The Balaban J connectivity index is 1.35. The largest absolute Gasteiger partial charge is 0.469 e. The molecule has 3 aliphatic rings. The van der Waals surface area contributed by atoms with Crippen molar-refractivity contribution in [1.29, 1.82) is 0 Å². The highest BCUT2D eigenvalue weighted by Gasteiger charge is 2.49. The van der Waals surface area contributed by atoms with E-state index in [1.54, 1.807) is 47.4 Å². The molecule has 1 unspecified atom stereocenters. The second kappa shape index (κ2) is 11.9. The van der Waals surface area contributed by atoms with Gasteiger partial charge in [0.1, 0.15) is 5.82 Å². The average Bonchev–Trinajstić information content (AvgIpc) is 3.40. The van der Waals surface area contributed by atoms with Gasteiger partial charge in [-0.25, -0.2) is 9.18 Å². The van der Waals surface area contributed by atoms with Crippen LogP contribution >= 0.6 is 11.6 Å². The third-order valence-corrected chi connectivity index (χ3v) is 8.79. The van der Waals surface area contributed by atoms with E-state index >= 15 is 4.39 Å². The van der Waals surface area contributed by atoms with E-state index in [-0.39, 0.29) is 31.2 Å². The number of hydrogen-bond acceptors (Lipinski definition) is 6. The zero-order chi connectivity index (χ0) is 31.0. The lowest BCUT2D eigenvalue weighted by Crippen LogP contribution is -2.43. The molecule has 2 atom stereocenters. The molecule has 2 bridgehead atoms. The first-order chi connectivity index (χ1) is 21.1. The molecule has 3 aromatic rings. The summed E-state index contributed by atoms with van der Waals surface area (Å²) in [5.41, 5.74) is 2.92. The van der Waals surface area contributed by atoms with Gasteiger partial charge in [-0.1, -0.05) is 36.2 Å². The maximum Gasteiger partial charge on any atom is 0.412 e. The Hall–Kier alpha value is -4.44. The monoisotopic (exact) mass is 619 g/mol. The molecule has 11 heteroatoms. The van der Waals surface area contributed by atoms with Gasteiger partial charge in [-0.2, -0.15) is 0 Å². The Bertz CT molecular complexity index is 1680. The molecule has 1 saturated heterocycles. The van der Waals surface area contributed by atoms with Crippen molar-refractivity contribution in [3.8, 4) is 11.1 Å². The molecule has 2 N–H and O–H groups in total. The Morgan fingerprint density at radius 2 is 1.91 bits per heavy atom. The van der Waals surface area contributed by atoms with Crippen molar-refractivity contribution in [3.05, 3.63) is 82.1 Å². The van der Waals surface area contributed by atoms with E-state index in [4.69, 9.17) is 21.1 Å². The molecule has 9 nitrogen and oxygen atoms in total. The number of hydrogen-bond donors (Lipinski definition) is 2. The molecule has 3 amide bonds. The topological polar surface area (TPSA) is 114 Å². The molecule has 6 rings (SSSR count). The summed E-state index contributed by atoms with van der Waals surface area (Å²) >= 11 is 6.29. The number of nitrogens with one attached hydrogen (secondary N) is 2. The summed E-state index contributed by atoms with van der Waals surface area (Å²) in [6.07, 6.45) is 1.53. The van der Waals surface area contributed by atoms with Crippen LogP contribution in [0.25, 0.3) is 11.1 Å². The van der Waals surface area contributed by atoms with Crippen molar-refractivity contribution in [3.63, 3.8) is 0 Å². The number of esters is 1. The maximum atomic E-state index is 15.2. The van der Waals surface area contributed by atoms with Crippen molar-refractivity contribution in [2.45, 2.75) is 50.0 Å². The Morgan fingerprint density at radius 3 is 2.73 bits per heavy atom. The first kappa shape index (κ1) is 29.6. The third-order valence-electron chi connectivity index (χ3n) is 8.55. The minimum Gasteiger partial charge on any atom is -0.469 e. The van der Waals surface area contributed by atoms with Gasteiger partial charge in [0, 0.05) is 41.2 Å². The van der Waals surface area contributed by atoms with Crippen LogP contribution < -0.4 is 10.6 Å². The van der Waals surface area contributed by atoms with Crippen molar-refractivity contribution < 1.29 is 33.0 Å². The summed E-state index contributed by atoms with van der Waals surface area (Å²) in [5, 5.41) is 6.11. The Kier molecular flexibility index (Phi) is 8.02. The lowest BCUT2D eigenvalue weighted by Gasteiger charge is -2.35. The zero-order valence-corrected chi connectivity index (χ0v) is 24.8. The van der Waals surface area contributed by atoms with Crippen molar-refractivity contribution in [2.24, 2.45) is 0 Å². The zero-order valence-electron chi connectivity index (χ0n) is 24.1. The SMILES string of the molecule is COC(=O)Cc1ccc2c(c1)NC(=O)CCCCC(C(=O)N1CC[C@@]3(C1)OC(=O)Nc1ccc(Cl)cc13)c1cc(F)cc-2c1. The minimum atomic E-state index is -1.05. The van der Waals surface area contributed by atoms with Crippen LogP contribution in [0.5, 0.6) is 0 Å². The summed E-state index contributed by atoms with van der Waals surface area (Å²) < 4.78 is 25.8. The number of carbonyl (C=O) groups is 4. The van der Waals surface area contributed by atoms with Gasteiger partial charge in [-0.3, -0.25) is 19.7 Å². The van der Waals surface area contributed by atoms with Gasteiger partial charge in [0.05, 0.1) is 31.7 Å². The Labute approximate surface area is 258 Å². The summed E-state index contributed by atoms with van der Waals surface area (Å²) in [6.45, 7) is 0.477. The standard InChI is InChI=1S/C33H31ClFN3O6/c1-43-30(40)13-19-6-8-24-20-14-21(16-23(35)15-20)25(4-2-3-5-29(39)36-28(24)12-19)31(41)38-11-10-33(18-38)26-17-22(34)7-9-27(26)37-32(42)44-33/h6-9,12,14-17,25H,2-5,10-11,13,18H2,1H3,(H,36,39)(H,37,42)/t25?,33-/m0/s1. The molecular weight excluding hydrogens is 589 g/mol. The fraction of sp³-hybridized carbons (Fsp3) is 0.333. The van der Waals surface area contributed by atoms with Crippen LogP contribution in [0.2, 0.25) is 5.02 Å². The van der Waals surface area contributed by atoms with Crippen LogP contribution in [0.15, 0.2) is 54.6 Å². The number of likely N-dealkylation sites (tertiary alicyclic amines) is 1. The number of benzene rings is 3. The van der Waals surface area contributed by atoms with E-state index < -0.39 is 29.4 Å². The lowest BCUT2D eigenvalue weighted by molar-refractivity contribution is -0.139. The number of anilines is 2. The van der Waals surface area contributed by atoms with Gasteiger partial charge in [0.2, 0.25) is 11.8 Å². The molecule has 3 aliphatic heterocycles. The van der Waals surface area contributed by atoms with Gasteiger partial charge in [-0.05, 0) is 65.9 Å². The van der Waals surface area contributed by atoms with E-state index in [1.807, 2.05) is 0 Å². The number of amides is 3. The second-order valence-corrected chi connectivity index (χ2v) is 11.9. The van der Waals surface area contributed by atoms with Crippen LogP contribution in [-0.4, -0.2) is 49.0 Å². The predicted molar refractivity (Wildman–Crippen MR) is 162 cm³/mol. The molecule has 1 spiro atoms. The summed E-state index contributed by atoms with van der Waals surface area (Å²) in [7, 11) is 1.30. The fourth-order valence-electron chi connectivity index (χ4n) is 6.41. The first-order valence-electron chi connectivity index (χ1n) is 14.5. The normalized spacial score (nSPS) is 21.2. The highest BCUT2D eigenvalue weighted by atomic mass is 35.5. The number of fused-ring (bicyclic) bond motifs is 6. The summed E-state index contributed by atoms with van der Waals surface area (Å²) in [4.78, 5) is 53.1. The molecule has 0 aromatic heterocycles. The molecular formula is C33H31ClFN3O6. The van der Waals surface area contributed by atoms with Crippen LogP contribution in [-0.2, 0) is 35.9 Å². The van der Waals surface area contributed by atoms with Crippen LogP contribution in [0, 0.1) is 5.82 Å². The van der Waals surface area contributed by atoms with Crippen molar-refractivity contribution in [1.82, 2.24) is 4.90 Å². The maximum absolute atomic E-state index is 15.2. The number of methoxy groups -OCH3 is 1. The predicted octanol–water partition coefficient (Wildman–Crippen LogP) is 6.15. The van der Waals surface area contributed by atoms with E-state index in [2.05, 4.69) is 10.6 Å². The highest BCUT2D eigenvalue weighted by molar-refractivity contribution is 6.30. The van der Waals surface area contributed by atoms with Crippen LogP contribution in [0.3, 0.4) is 0 Å². The molecule has 0 radical (unpaired) electrons. The number of nitrogens with zero attached hydrogens (tertiary/aromatic N) is 1. The van der Waals surface area contributed by atoms with Crippen molar-refractivity contribution >= 4 is 46.9 Å². The van der Waals surface area contributed by atoms with E-state index in [9.17, 15) is 19.2 Å². The third kappa shape index (κ3) is 5.86. The van der Waals surface area contributed by atoms with Gasteiger partial charge in [0.15, 0.2) is 5.60 Å². The first-order valence-corrected chi connectivity index (χ1v) is 14.9. The van der Waals surface area contributed by atoms with Gasteiger partial charge < -0.3 is 19.7 Å². The van der Waals surface area contributed by atoms with Crippen molar-refractivity contribution in [2.75, 3.05) is 30.8 Å². The molecule has 0 aliphatic carbocycles. The molecule has 0 saturated carbocycles. The summed E-state index contributed by atoms with van der Waals surface area (Å²) in [5.74, 6) is -2.04. The molecule has 3 heterocycles. The number of halogens is 2. The quantitative estimate of drug-likeness (QED) is 0.340. The van der Waals surface area contributed by atoms with Gasteiger partial charge in [0.25, 0.3) is 0 Å². The van der Waals surface area contributed by atoms with Gasteiger partial charge in [-0.15, -0.1) is 0 Å². The van der Waals surface area contributed by atoms with Gasteiger partial charge >= 0.3 is 12.1 Å². The molecule has 1 fully saturated rings. The molecule has 44 heavy (non-hydrogen) atoms. The highest BCUT2D eigenvalue weighted by Crippen LogP contribution is 2.45. The lowest BCUT2D eigenvalue weighted by atomic mass is 9.88. The molecule has 228 valence electrons. The van der Waals surface area contributed by atoms with Crippen LogP contribution in [0.1, 0.15) is 54.7 Å². The Morgan fingerprint density at radius 1 is 1.07 bits per heavy atom. The number of carbonyl (C=O) groups excluding carboxylic acids is 4. The van der Waals surface area contributed by atoms with E-state index in [0.717, 1.165) is 0 Å². The number of ether oxygens (including phenoxy) is 2. The molecule has 3 aromatic carbocycles. The fourth-order valence-corrected chi connectivity index (χ4v) is 6.58. The smallest absolute Gasteiger partial charge is 0.412 e. The van der Waals surface area contributed by atoms with Crippen LogP contribution in [0.4, 0.5) is 20.6 Å². The van der Waals surface area contributed by atoms with E-state index in [1.165, 1.54) is 19.2 Å². The number of rotatable bonds is 3. The second-order valence-electron chi connectivity index (χ2n) is 11.5. The average molecular weight is 620 g/mol.